The van der Waals surface area contributed by atoms with Crippen molar-refractivity contribution >= 4 is 22.7 Å². The Kier molecular flexibility index (Phi) is 2.60. The molecule has 0 bridgehead atoms. The molecule has 0 amide bonds. The highest BCUT2D eigenvalue weighted by Crippen LogP contribution is 2.40. The highest BCUT2D eigenvalue weighted by atomic mass is 35.5. The summed E-state index contributed by atoms with van der Waals surface area (Å²) in [5, 5.41) is 0.674. The molecule has 1 aliphatic carbocycles. The average Bonchev–Trinajstić information content (AvgIpc) is 2.94. The highest BCUT2D eigenvalue weighted by Gasteiger charge is 2.38. The van der Waals surface area contributed by atoms with Crippen LogP contribution in [-0.4, -0.2) is 11.5 Å². The van der Waals surface area contributed by atoms with Gasteiger partial charge < -0.3 is 10.2 Å². The van der Waals surface area contributed by atoms with Crippen LogP contribution in [0.15, 0.2) is 22.6 Å². The van der Waals surface area contributed by atoms with Crippen LogP contribution in [0.4, 0.5) is 0 Å². The van der Waals surface area contributed by atoms with Crippen molar-refractivity contribution < 1.29 is 4.42 Å². The predicted molar refractivity (Wildman–Crippen MR) is 68.2 cm³/mol. The largest absolute Gasteiger partial charge is 0.440 e. The van der Waals surface area contributed by atoms with E-state index in [-0.39, 0.29) is 5.41 Å². The second-order valence-electron chi connectivity index (χ2n) is 4.82. The summed E-state index contributed by atoms with van der Waals surface area (Å²) in [6.45, 7) is 0.605. The van der Waals surface area contributed by atoms with Crippen LogP contribution in [0.3, 0.4) is 0 Å². The molecule has 90 valence electrons. The lowest BCUT2D eigenvalue weighted by Crippen LogP contribution is -2.32. The van der Waals surface area contributed by atoms with Crippen molar-refractivity contribution in [1.29, 1.82) is 0 Å². The summed E-state index contributed by atoms with van der Waals surface area (Å²) in [5.41, 5.74) is 7.50. The van der Waals surface area contributed by atoms with Crippen LogP contribution in [0.1, 0.15) is 31.6 Å². The third kappa shape index (κ3) is 1.74. The van der Waals surface area contributed by atoms with Gasteiger partial charge in [-0.2, -0.15) is 0 Å². The molecule has 0 saturated heterocycles. The maximum absolute atomic E-state index is 5.94. The van der Waals surface area contributed by atoms with Crippen LogP contribution >= 0.6 is 11.6 Å². The van der Waals surface area contributed by atoms with Crippen molar-refractivity contribution in [2.24, 2.45) is 5.73 Å². The van der Waals surface area contributed by atoms with Crippen LogP contribution in [-0.2, 0) is 5.41 Å². The topological polar surface area (TPSA) is 52.0 Å². The van der Waals surface area contributed by atoms with E-state index in [9.17, 15) is 0 Å². The molecule has 1 aromatic heterocycles. The fourth-order valence-electron chi connectivity index (χ4n) is 2.68. The number of benzene rings is 1. The minimum Gasteiger partial charge on any atom is -0.440 e. The van der Waals surface area contributed by atoms with Gasteiger partial charge in [0.25, 0.3) is 0 Å². The first-order chi connectivity index (χ1) is 8.23. The van der Waals surface area contributed by atoms with Gasteiger partial charge in [-0.25, -0.2) is 4.98 Å². The van der Waals surface area contributed by atoms with Crippen molar-refractivity contribution in [3.05, 3.63) is 29.1 Å². The van der Waals surface area contributed by atoms with Gasteiger partial charge in [0.2, 0.25) is 5.89 Å². The number of nitrogens with zero attached hydrogens (tertiary/aromatic N) is 1. The zero-order valence-electron chi connectivity index (χ0n) is 9.58. The summed E-state index contributed by atoms with van der Waals surface area (Å²) in [6.07, 6.45) is 4.56. The summed E-state index contributed by atoms with van der Waals surface area (Å²) in [6, 6.07) is 5.54. The molecule has 2 aromatic rings. The molecule has 2 N–H and O–H groups in total. The number of fused-ring (bicyclic) bond motifs is 1. The Morgan fingerprint density at radius 3 is 2.82 bits per heavy atom. The number of hydrogen-bond donors (Lipinski definition) is 1. The van der Waals surface area contributed by atoms with Gasteiger partial charge in [0.05, 0.1) is 5.41 Å². The van der Waals surface area contributed by atoms with E-state index in [1.54, 1.807) is 0 Å². The Balaban J connectivity index is 2.11. The van der Waals surface area contributed by atoms with Gasteiger partial charge in [-0.1, -0.05) is 24.4 Å². The van der Waals surface area contributed by atoms with Gasteiger partial charge in [-0.3, -0.25) is 0 Å². The summed E-state index contributed by atoms with van der Waals surface area (Å²) < 4.78 is 5.85. The Bertz CT molecular complexity index is 543. The number of oxazole rings is 1. The third-order valence-electron chi connectivity index (χ3n) is 3.76. The van der Waals surface area contributed by atoms with Crippen LogP contribution in [0.2, 0.25) is 5.02 Å². The lowest BCUT2D eigenvalue weighted by molar-refractivity contribution is 0.344. The van der Waals surface area contributed by atoms with Crippen LogP contribution in [0, 0.1) is 0 Å². The van der Waals surface area contributed by atoms with Crippen LogP contribution < -0.4 is 5.73 Å². The van der Waals surface area contributed by atoms with Gasteiger partial charge in [-0.15, -0.1) is 0 Å². The summed E-state index contributed by atoms with van der Waals surface area (Å²) in [4.78, 5) is 4.57. The minimum absolute atomic E-state index is 0.0501. The SMILES string of the molecule is NCC1(c2nc3ccc(Cl)cc3o2)CCCC1. The number of nitrogens with two attached hydrogens (primary N) is 1. The fourth-order valence-corrected chi connectivity index (χ4v) is 2.84. The Morgan fingerprint density at radius 1 is 1.35 bits per heavy atom. The van der Waals surface area contributed by atoms with E-state index in [1.165, 1.54) is 12.8 Å². The molecule has 0 radical (unpaired) electrons. The van der Waals surface area contributed by atoms with Crippen molar-refractivity contribution in [2.45, 2.75) is 31.1 Å². The van der Waals surface area contributed by atoms with E-state index in [0.717, 1.165) is 29.8 Å². The predicted octanol–water partition coefficient (Wildman–Crippen LogP) is 3.25. The molecular formula is C13H15ClN2O. The van der Waals surface area contributed by atoms with Crippen molar-refractivity contribution in [3.8, 4) is 0 Å². The third-order valence-corrected chi connectivity index (χ3v) is 3.99. The smallest absolute Gasteiger partial charge is 0.202 e. The van der Waals surface area contributed by atoms with Crippen molar-refractivity contribution in [1.82, 2.24) is 4.98 Å². The Labute approximate surface area is 105 Å². The Hall–Kier alpha value is -1.06. The molecule has 3 rings (SSSR count). The first-order valence-corrected chi connectivity index (χ1v) is 6.38. The minimum atomic E-state index is -0.0501. The van der Waals surface area contributed by atoms with Crippen LogP contribution in [0.5, 0.6) is 0 Å². The molecular weight excluding hydrogens is 236 g/mol. The number of hydrogen-bond acceptors (Lipinski definition) is 3. The number of halogens is 1. The molecule has 1 saturated carbocycles. The molecule has 1 heterocycles. The van der Waals surface area contributed by atoms with E-state index in [0.29, 0.717) is 11.6 Å². The van der Waals surface area contributed by atoms with Crippen molar-refractivity contribution in [2.75, 3.05) is 6.54 Å². The standard InChI is InChI=1S/C13H15ClN2O/c14-9-3-4-10-11(7-9)17-12(16-10)13(8-15)5-1-2-6-13/h3-4,7H,1-2,5-6,8,15H2. The monoisotopic (exact) mass is 250 g/mol. The molecule has 1 aromatic carbocycles. The Morgan fingerprint density at radius 2 is 2.12 bits per heavy atom. The van der Waals surface area contributed by atoms with Gasteiger partial charge in [0.1, 0.15) is 5.52 Å². The summed E-state index contributed by atoms with van der Waals surface area (Å²) in [5.74, 6) is 0.787. The average molecular weight is 251 g/mol. The molecule has 0 aliphatic heterocycles. The first-order valence-electron chi connectivity index (χ1n) is 6.00. The maximum atomic E-state index is 5.94. The lowest BCUT2D eigenvalue weighted by Gasteiger charge is -2.22. The van der Waals surface area contributed by atoms with Gasteiger partial charge in [0, 0.05) is 17.6 Å². The molecule has 1 aliphatic rings. The van der Waals surface area contributed by atoms with E-state index in [4.69, 9.17) is 21.8 Å². The van der Waals surface area contributed by atoms with E-state index in [2.05, 4.69) is 4.98 Å². The second kappa shape index (κ2) is 4.00. The fraction of sp³-hybridized carbons (Fsp3) is 0.462. The second-order valence-corrected chi connectivity index (χ2v) is 5.26. The quantitative estimate of drug-likeness (QED) is 0.890. The number of aromatic nitrogens is 1. The molecule has 4 heteroatoms. The molecule has 3 nitrogen and oxygen atoms in total. The van der Waals surface area contributed by atoms with Gasteiger partial charge in [0.15, 0.2) is 5.58 Å². The molecule has 17 heavy (non-hydrogen) atoms. The zero-order chi connectivity index (χ0) is 11.9. The van der Waals surface area contributed by atoms with E-state index >= 15 is 0 Å². The molecule has 1 fully saturated rings. The van der Waals surface area contributed by atoms with Gasteiger partial charge >= 0.3 is 0 Å². The lowest BCUT2D eigenvalue weighted by atomic mass is 9.86. The molecule has 0 unspecified atom stereocenters. The van der Waals surface area contributed by atoms with Crippen molar-refractivity contribution in [3.63, 3.8) is 0 Å². The molecule has 0 spiro atoms. The van der Waals surface area contributed by atoms with E-state index in [1.807, 2.05) is 18.2 Å². The highest BCUT2D eigenvalue weighted by molar-refractivity contribution is 6.31. The number of rotatable bonds is 2. The first kappa shape index (κ1) is 11.1. The zero-order valence-corrected chi connectivity index (χ0v) is 10.3. The van der Waals surface area contributed by atoms with E-state index < -0.39 is 0 Å². The maximum Gasteiger partial charge on any atom is 0.202 e. The van der Waals surface area contributed by atoms with Crippen LogP contribution in [0.25, 0.3) is 11.1 Å². The van der Waals surface area contributed by atoms with Gasteiger partial charge in [-0.05, 0) is 25.0 Å². The molecule has 0 atom stereocenters. The normalized spacial score (nSPS) is 18.9. The summed E-state index contributed by atoms with van der Waals surface area (Å²) in [7, 11) is 0. The summed E-state index contributed by atoms with van der Waals surface area (Å²) >= 11 is 5.94.